The van der Waals surface area contributed by atoms with Crippen LogP contribution in [0.15, 0.2) is 48.5 Å². The summed E-state index contributed by atoms with van der Waals surface area (Å²) in [4.78, 5) is 22.6. The SMILES string of the molecule is CC(NC(=O)Cc1cccc(OC(F)(F)F)c1)c1ccc(OCC(=O)O)cc1. The van der Waals surface area contributed by atoms with E-state index in [1.807, 2.05) is 0 Å². The summed E-state index contributed by atoms with van der Waals surface area (Å²) in [6.07, 6.45) is -4.91. The van der Waals surface area contributed by atoms with Gasteiger partial charge in [-0.3, -0.25) is 4.79 Å². The van der Waals surface area contributed by atoms with Crippen LogP contribution in [-0.4, -0.2) is 30.0 Å². The van der Waals surface area contributed by atoms with Gasteiger partial charge in [-0.1, -0.05) is 24.3 Å². The van der Waals surface area contributed by atoms with Gasteiger partial charge < -0.3 is 19.9 Å². The molecule has 0 saturated heterocycles. The van der Waals surface area contributed by atoms with Crippen LogP contribution in [0.3, 0.4) is 0 Å². The van der Waals surface area contributed by atoms with Gasteiger partial charge in [-0.15, -0.1) is 13.2 Å². The molecule has 2 aromatic carbocycles. The number of ether oxygens (including phenoxy) is 2. The molecule has 0 aliphatic carbocycles. The number of alkyl halides is 3. The highest BCUT2D eigenvalue weighted by Gasteiger charge is 2.31. The number of amides is 1. The Balaban J connectivity index is 1.92. The minimum absolute atomic E-state index is 0.112. The molecule has 1 amide bonds. The molecular weight excluding hydrogens is 379 g/mol. The number of hydrogen-bond donors (Lipinski definition) is 2. The van der Waals surface area contributed by atoms with Crippen LogP contribution in [0.5, 0.6) is 11.5 Å². The van der Waals surface area contributed by atoms with E-state index in [2.05, 4.69) is 10.1 Å². The van der Waals surface area contributed by atoms with E-state index in [-0.39, 0.29) is 24.1 Å². The highest BCUT2D eigenvalue weighted by atomic mass is 19.4. The van der Waals surface area contributed by atoms with Gasteiger partial charge in [-0.25, -0.2) is 4.79 Å². The summed E-state index contributed by atoms with van der Waals surface area (Å²) in [5, 5.41) is 11.3. The molecular formula is C19H18F3NO5. The van der Waals surface area contributed by atoms with Gasteiger partial charge >= 0.3 is 12.3 Å². The predicted molar refractivity (Wildman–Crippen MR) is 93.0 cm³/mol. The van der Waals surface area contributed by atoms with Gasteiger partial charge in [0.05, 0.1) is 12.5 Å². The molecule has 2 rings (SSSR count). The summed E-state index contributed by atoms with van der Waals surface area (Å²) < 4.78 is 45.7. The van der Waals surface area contributed by atoms with Crippen molar-refractivity contribution in [1.29, 1.82) is 0 Å². The summed E-state index contributed by atoms with van der Waals surface area (Å²) >= 11 is 0. The van der Waals surface area contributed by atoms with Crippen LogP contribution in [0, 0.1) is 0 Å². The molecule has 1 unspecified atom stereocenters. The Labute approximate surface area is 158 Å². The molecule has 9 heteroatoms. The molecule has 28 heavy (non-hydrogen) atoms. The second-order valence-electron chi connectivity index (χ2n) is 5.91. The van der Waals surface area contributed by atoms with Crippen LogP contribution < -0.4 is 14.8 Å². The number of aliphatic carboxylic acids is 1. The maximum atomic E-state index is 12.3. The summed E-state index contributed by atoms with van der Waals surface area (Å²) in [5.41, 5.74) is 1.13. The number of carbonyl (C=O) groups is 2. The number of carboxylic acid groups (broad SMARTS) is 1. The highest BCUT2D eigenvalue weighted by molar-refractivity contribution is 5.79. The lowest BCUT2D eigenvalue weighted by Crippen LogP contribution is -2.28. The third-order valence-corrected chi connectivity index (χ3v) is 3.62. The fourth-order valence-corrected chi connectivity index (χ4v) is 2.41. The summed E-state index contributed by atoms with van der Waals surface area (Å²) in [6, 6.07) is 11.4. The zero-order chi connectivity index (χ0) is 20.7. The second-order valence-corrected chi connectivity index (χ2v) is 5.91. The fourth-order valence-electron chi connectivity index (χ4n) is 2.41. The molecule has 2 aromatic rings. The normalized spacial score (nSPS) is 12.1. The van der Waals surface area contributed by atoms with Crippen molar-refractivity contribution in [2.45, 2.75) is 25.7 Å². The first kappa shape index (κ1) is 21.1. The first-order chi connectivity index (χ1) is 13.1. The Kier molecular flexibility index (Phi) is 6.86. The molecule has 2 N–H and O–H groups in total. The maximum Gasteiger partial charge on any atom is 0.573 e. The van der Waals surface area contributed by atoms with Gasteiger partial charge in [0.2, 0.25) is 5.91 Å². The van der Waals surface area contributed by atoms with Crippen LogP contribution in [0.2, 0.25) is 0 Å². The summed E-state index contributed by atoms with van der Waals surface area (Å²) in [7, 11) is 0. The fraction of sp³-hybridized carbons (Fsp3) is 0.263. The molecule has 0 heterocycles. The minimum Gasteiger partial charge on any atom is -0.482 e. The molecule has 0 bridgehead atoms. The number of carboxylic acids is 1. The average Bonchev–Trinajstić information content (AvgIpc) is 2.59. The Morgan fingerprint density at radius 1 is 1.11 bits per heavy atom. The van der Waals surface area contributed by atoms with Gasteiger partial charge in [0.15, 0.2) is 6.61 Å². The van der Waals surface area contributed by atoms with Crippen molar-refractivity contribution in [2.75, 3.05) is 6.61 Å². The van der Waals surface area contributed by atoms with Crippen molar-refractivity contribution in [3.63, 3.8) is 0 Å². The van der Waals surface area contributed by atoms with E-state index in [0.29, 0.717) is 11.3 Å². The van der Waals surface area contributed by atoms with Crippen molar-refractivity contribution in [3.05, 3.63) is 59.7 Å². The summed E-state index contributed by atoms with van der Waals surface area (Å²) in [6.45, 7) is 1.29. The van der Waals surface area contributed by atoms with Crippen LogP contribution in [0.1, 0.15) is 24.1 Å². The monoisotopic (exact) mass is 397 g/mol. The molecule has 0 aliphatic rings. The molecule has 0 fully saturated rings. The van der Waals surface area contributed by atoms with Crippen molar-refractivity contribution >= 4 is 11.9 Å². The first-order valence-corrected chi connectivity index (χ1v) is 8.21. The lowest BCUT2D eigenvalue weighted by atomic mass is 10.1. The Morgan fingerprint density at radius 3 is 2.39 bits per heavy atom. The van der Waals surface area contributed by atoms with E-state index in [0.717, 1.165) is 17.7 Å². The molecule has 1 atom stereocenters. The molecule has 0 aromatic heterocycles. The Bertz CT molecular complexity index is 821. The van der Waals surface area contributed by atoms with Crippen molar-refractivity contribution < 1.29 is 37.3 Å². The summed E-state index contributed by atoms with van der Waals surface area (Å²) in [5.74, 6) is -1.47. The van der Waals surface area contributed by atoms with Gasteiger partial charge in [-0.2, -0.15) is 0 Å². The zero-order valence-electron chi connectivity index (χ0n) is 14.8. The molecule has 0 radical (unpaired) electrons. The maximum absolute atomic E-state index is 12.3. The van der Waals surface area contributed by atoms with E-state index in [1.165, 1.54) is 12.1 Å². The number of hydrogen-bond acceptors (Lipinski definition) is 4. The second kappa shape index (κ2) is 9.12. The molecule has 0 aliphatic heterocycles. The van der Waals surface area contributed by atoms with Crippen LogP contribution >= 0.6 is 0 Å². The Hall–Kier alpha value is -3.23. The van der Waals surface area contributed by atoms with E-state index >= 15 is 0 Å². The van der Waals surface area contributed by atoms with Crippen molar-refractivity contribution in [2.24, 2.45) is 0 Å². The molecule has 150 valence electrons. The standard InChI is InChI=1S/C19H18F3NO5/c1-12(14-5-7-15(8-6-14)27-11-18(25)26)23-17(24)10-13-3-2-4-16(9-13)28-19(20,21)22/h2-9,12H,10-11H2,1H3,(H,23,24)(H,25,26). The number of rotatable bonds is 8. The highest BCUT2D eigenvalue weighted by Crippen LogP contribution is 2.23. The molecule has 0 spiro atoms. The third kappa shape index (κ3) is 7.18. The van der Waals surface area contributed by atoms with E-state index < -0.39 is 18.9 Å². The number of carbonyl (C=O) groups excluding carboxylic acids is 1. The topological polar surface area (TPSA) is 84.9 Å². The third-order valence-electron chi connectivity index (χ3n) is 3.62. The number of halogens is 3. The smallest absolute Gasteiger partial charge is 0.482 e. The van der Waals surface area contributed by atoms with E-state index in [4.69, 9.17) is 9.84 Å². The van der Waals surface area contributed by atoms with Crippen LogP contribution in [0.4, 0.5) is 13.2 Å². The lowest BCUT2D eigenvalue weighted by molar-refractivity contribution is -0.274. The molecule has 0 saturated carbocycles. The van der Waals surface area contributed by atoms with E-state index in [1.54, 1.807) is 31.2 Å². The van der Waals surface area contributed by atoms with Crippen LogP contribution in [0.25, 0.3) is 0 Å². The average molecular weight is 397 g/mol. The molecule has 6 nitrogen and oxygen atoms in total. The van der Waals surface area contributed by atoms with Crippen molar-refractivity contribution in [3.8, 4) is 11.5 Å². The van der Waals surface area contributed by atoms with Crippen LogP contribution in [-0.2, 0) is 16.0 Å². The quantitative estimate of drug-likeness (QED) is 0.713. The van der Waals surface area contributed by atoms with Gasteiger partial charge in [-0.05, 0) is 42.3 Å². The van der Waals surface area contributed by atoms with Gasteiger partial charge in [0.25, 0.3) is 0 Å². The van der Waals surface area contributed by atoms with Crippen molar-refractivity contribution in [1.82, 2.24) is 5.32 Å². The number of nitrogens with one attached hydrogen (secondary N) is 1. The zero-order valence-corrected chi connectivity index (χ0v) is 14.8. The minimum atomic E-state index is -4.80. The lowest BCUT2D eigenvalue weighted by Gasteiger charge is -2.15. The number of benzene rings is 2. The Morgan fingerprint density at radius 2 is 1.79 bits per heavy atom. The van der Waals surface area contributed by atoms with Gasteiger partial charge in [0, 0.05) is 0 Å². The van der Waals surface area contributed by atoms with Gasteiger partial charge in [0.1, 0.15) is 11.5 Å². The van der Waals surface area contributed by atoms with E-state index in [9.17, 15) is 22.8 Å². The predicted octanol–water partition coefficient (Wildman–Crippen LogP) is 3.47. The first-order valence-electron chi connectivity index (χ1n) is 8.21. The largest absolute Gasteiger partial charge is 0.573 e.